The SMILES string of the molecule is [CH2]CC1=Cc2cc(CO)ccc2CC1. The van der Waals surface area contributed by atoms with Crippen molar-refractivity contribution in [2.45, 2.75) is 25.9 Å². The van der Waals surface area contributed by atoms with Gasteiger partial charge in [0.05, 0.1) is 6.61 Å². The number of aliphatic hydroxyl groups excluding tert-OH is 1. The van der Waals surface area contributed by atoms with Gasteiger partial charge in [-0.3, -0.25) is 0 Å². The van der Waals surface area contributed by atoms with Gasteiger partial charge in [0.1, 0.15) is 0 Å². The van der Waals surface area contributed by atoms with Crippen molar-refractivity contribution in [3.05, 3.63) is 47.4 Å². The Bertz CT molecular complexity index is 363. The lowest BCUT2D eigenvalue weighted by molar-refractivity contribution is 0.282. The number of hydrogen-bond acceptors (Lipinski definition) is 1. The molecule has 0 aliphatic heterocycles. The average molecular weight is 187 g/mol. The summed E-state index contributed by atoms with van der Waals surface area (Å²) in [5.41, 5.74) is 5.05. The first-order valence-corrected chi connectivity index (χ1v) is 5.05. The minimum Gasteiger partial charge on any atom is -0.392 e. The highest BCUT2D eigenvalue weighted by molar-refractivity contribution is 5.60. The van der Waals surface area contributed by atoms with Crippen molar-refractivity contribution in [2.24, 2.45) is 0 Å². The number of hydrogen-bond donors (Lipinski definition) is 1. The molecule has 0 heterocycles. The number of aliphatic hydroxyl groups is 1. The van der Waals surface area contributed by atoms with Crippen molar-refractivity contribution in [1.82, 2.24) is 0 Å². The first-order chi connectivity index (χ1) is 6.83. The molecule has 1 aliphatic rings. The number of aryl methyl sites for hydroxylation is 1. The van der Waals surface area contributed by atoms with Gasteiger partial charge in [-0.25, -0.2) is 0 Å². The van der Waals surface area contributed by atoms with Crippen LogP contribution in [-0.2, 0) is 13.0 Å². The molecule has 73 valence electrons. The molecule has 0 atom stereocenters. The van der Waals surface area contributed by atoms with Gasteiger partial charge >= 0.3 is 0 Å². The molecule has 14 heavy (non-hydrogen) atoms. The lowest BCUT2D eigenvalue weighted by Gasteiger charge is -2.16. The summed E-state index contributed by atoms with van der Waals surface area (Å²) < 4.78 is 0. The normalized spacial score (nSPS) is 14.9. The van der Waals surface area contributed by atoms with Crippen LogP contribution in [0.15, 0.2) is 23.8 Å². The minimum absolute atomic E-state index is 0.126. The zero-order chi connectivity index (χ0) is 9.97. The zero-order valence-electron chi connectivity index (χ0n) is 8.29. The highest BCUT2D eigenvalue weighted by Crippen LogP contribution is 2.26. The largest absolute Gasteiger partial charge is 0.392 e. The number of benzene rings is 1. The molecule has 1 N–H and O–H groups in total. The van der Waals surface area contributed by atoms with Crippen LogP contribution >= 0.6 is 0 Å². The maximum absolute atomic E-state index is 9.03. The van der Waals surface area contributed by atoms with E-state index in [0.717, 1.165) is 24.8 Å². The van der Waals surface area contributed by atoms with E-state index < -0.39 is 0 Å². The van der Waals surface area contributed by atoms with E-state index >= 15 is 0 Å². The monoisotopic (exact) mass is 187 g/mol. The molecule has 1 heteroatoms. The van der Waals surface area contributed by atoms with Gasteiger partial charge in [-0.05, 0) is 48.9 Å². The van der Waals surface area contributed by atoms with Gasteiger partial charge in [0.15, 0.2) is 0 Å². The molecule has 0 aromatic heterocycles. The molecule has 1 aromatic rings. The average Bonchev–Trinajstić information content (AvgIpc) is 2.27. The van der Waals surface area contributed by atoms with E-state index in [2.05, 4.69) is 25.1 Å². The summed E-state index contributed by atoms with van der Waals surface area (Å²) in [4.78, 5) is 0. The highest BCUT2D eigenvalue weighted by Gasteiger charge is 2.09. The van der Waals surface area contributed by atoms with Crippen molar-refractivity contribution in [3.63, 3.8) is 0 Å². The van der Waals surface area contributed by atoms with Crippen LogP contribution in [-0.4, -0.2) is 5.11 Å². The second-order valence-electron chi connectivity index (χ2n) is 3.74. The molecule has 0 unspecified atom stereocenters. The van der Waals surface area contributed by atoms with Crippen LogP contribution in [0.5, 0.6) is 0 Å². The zero-order valence-corrected chi connectivity index (χ0v) is 8.29. The van der Waals surface area contributed by atoms with E-state index in [1.165, 1.54) is 16.7 Å². The van der Waals surface area contributed by atoms with E-state index in [-0.39, 0.29) is 6.61 Å². The Morgan fingerprint density at radius 3 is 2.86 bits per heavy atom. The van der Waals surface area contributed by atoms with E-state index in [4.69, 9.17) is 5.11 Å². The molecular formula is C13H15O. The smallest absolute Gasteiger partial charge is 0.0682 e. The Morgan fingerprint density at radius 2 is 2.14 bits per heavy atom. The van der Waals surface area contributed by atoms with Crippen molar-refractivity contribution < 1.29 is 5.11 Å². The minimum atomic E-state index is 0.126. The quantitative estimate of drug-likeness (QED) is 0.754. The summed E-state index contributed by atoms with van der Waals surface area (Å²) >= 11 is 0. The van der Waals surface area contributed by atoms with Gasteiger partial charge in [-0.15, -0.1) is 0 Å². The molecule has 0 amide bonds. The number of allylic oxidation sites excluding steroid dienone is 1. The van der Waals surface area contributed by atoms with Gasteiger partial charge in [-0.1, -0.05) is 23.8 Å². The maximum Gasteiger partial charge on any atom is 0.0682 e. The third-order valence-electron chi connectivity index (χ3n) is 2.79. The third-order valence-corrected chi connectivity index (χ3v) is 2.79. The van der Waals surface area contributed by atoms with E-state index in [9.17, 15) is 0 Å². The fourth-order valence-corrected chi connectivity index (χ4v) is 1.89. The fraction of sp³-hybridized carbons (Fsp3) is 0.308. The topological polar surface area (TPSA) is 20.2 Å². The standard InChI is InChI=1S/C13H15O/c1-2-10-3-5-12-6-4-11(9-14)8-13(12)7-10/h4,6-8,14H,1-3,5,9H2. The molecule has 0 saturated heterocycles. The summed E-state index contributed by atoms with van der Waals surface area (Å²) in [6.07, 6.45) is 5.35. The van der Waals surface area contributed by atoms with Crippen LogP contribution in [0.2, 0.25) is 0 Å². The van der Waals surface area contributed by atoms with Crippen molar-refractivity contribution in [1.29, 1.82) is 0 Å². The third kappa shape index (κ3) is 1.73. The lowest BCUT2D eigenvalue weighted by atomic mass is 9.90. The van der Waals surface area contributed by atoms with Crippen molar-refractivity contribution in [3.8, 4) is 0 Å². The molecule has 0 fully saturated rings. The van der Waals surface area contributed by atoms with Gasteiger partial charge in [0, 0.05) is 0 Å². The summed E-state index contributed by atoms with van der Waals surface area (Å²) in [5, 5.41) is 9.03. The van der Waals surface area contributed by atoms with Crippen LogP contribution in [0.25, 0.3) is 6.08 Å². The predicted molar refractivity (Wildman–Crippen MR) is 58.6 cm³/mol. The maximum atomic E-state index is 9.03. The molecule has 1 nitrogen and oxygen atoms in total. The predicted octanol–water partition coefficient (Wildman–Crippen LogP) is 2.73. The molecule has 2 rings (SSSR count). The fourth-order valence-electron chi connectivity index (χ4n) is 1.89. The molecule has 1 aliphatic carbocycles. The van der Waals surface area contributed by atoms with E-state index in [1.54, 1.807) is 0 Å². The van der Waals surface area contributed by atoms with Crippen LogP contribution in [0.1, 0.15) is 29.5 Å². The molecule has 0 saturated carbocycles. The first kappa shape index (κ1) is 9.47. The van der Waals surface area contributed by atoms with Gasteiger partial charge < -0.3 is 5.11 Å². The number of rotatable bonds is 2. The van der Waals surface area contributed by atoms with Gasteiger partial charge in [0.2, 0.25) is 0 Å². The van der Waals surface area contributed by atoms with E-state index in [0.29, 0.717) is 0 Å². The van der Waals surface area contributed by atoms with Crippen molar-refractivity contribution in [2.75, 3.05) is 0 Å². The molecule has 0 bridgehead atoms. The molecule has 0 spiro atoms. The van der Waals surface area contributed by atoms with Crippen LogP contribution in [0, 0.1) is 6.92 Å². The van der Waals surface area contributed by atoms with Gasteiger partial charge in [0.25, 0.3) is 0 Å². The first-order valence-electron chi connectivity index (χ1n) is 5.05. The Hall–Kier alpha value is -1.08. The Kier molecular flexibility index (Phi) is 2.69. The summed E-state index contributed by atoms with van der Waals surface area (Å²) in [5.74, 6) is 0. The molecule has 1 aromatic carbocycles. The Balaban J connectivity index is 2.39. The molecule has 1 radical (unpaired) electrons. The Labute approximate surface area is 85.1 Å². The van der Waals surface area contributed by atoms with Crippen LogP contribution < -0.4 is 0 Å². The second kappa shape index (κ2) is 3.97. The summed E-state index contributed by atoms with van der Waals surface area (Å²) in [6, 6.07) is 6.20. The van der Waals surface area contributed by atoms with Crippen molar-refractivity contribution >= 4 is 6.08 Å². The number of fused-ring (bicyclic) bond motifs is 1. The van der Waals surface area contributed by atoms with E-state index in [1.807, 2.05) is 6.07 Å². The van der Waals surface area contributed by atoms with Crippen LogP contribution in [0.4, 0.5) is 0 Å². The second-order valence-corrected chi connectivity index (χ2v) is 3.74. The lowest BCUT2D eigenvalue weighted by Crippen LogP contribution is -1.99. The highest BCUT2D eigenvalue weighted by atomic mass is 16.3. The summed E-state index contributed by atoms with van der Waals surface area (Å²) in [7, 11) is 0. The Morgan fingerprint density at radius 1 is 1.29 bits per heavy atom. The summed E-state index contributed by atoms with van der Waals surface area (Å²) in [6.45, 7) is 4.03. The van der Waals surface area contributed by atoms with Crippen LogP contribution in [0.3, 0.4) is 0 Å². The van der Waals surface area contributed by atoms with Gasteiger partial charge in [-0.2, -0.15) is 0 Å². The molecular weight excluding hydrogens is 172 g/mol.